The molecule has 0 spiro atoms. The lowest BCUT2D eigenvalue weighted by molar-refractivity contribution is -0.164. The van der Waals surface area contributed by atoms with Gasteiger partial charge in [-0.05, 0) is 50.5 Å². The van der Waals surface area contributed by atoms with Crippen LogP contribution in [0.25, 0.3) is 10.2 Å². The van der Waals surface area contributed by atoms with Crippen molar-refractivity contribution >= 4 is 39.2 Å². The minimum absolute atomic E-state index is 0.0378. The van der Waals surface area contributed by atoms with Gasteiger partial charge in [-0.2, -0.15) is 13.2 Å². The van der Waals surface area contributed by atoms with Crippen molar-refractivity contribution in [3.63, 3.8) is 0 Å². The third-order valence-electron chi connectivity index (χ3n) is 5.26. The zero-order valence-corrected chi connectivity index (χ0v) is 16.5. The zero-order chi connectivity index (χ0) is 19.2. The molecule has 0 N–H and O–H groups in total. The molecule has 2 aliphatic rings. The number of halogens is 3. The molecule has 0 unspecified atom stereocenters. The maximum atomic E-state index is 13.0. The number of carbonyl (C=O) groups is 1. The fourth-order valence-corrected chi connectivity index (χ4v) is 5.91. The number of thiophene rings is 1. The van der Waals surface area contributed by atoms with Crippen molar-refractivity contribution in [1.29, 1.82) is 0 Å². The first-order chi connectivity index (χ1) is 12.8. The second kappa shape index (κ2) is 7.24. The Kier molecular flexibility index (Phi) is 5.09. The predicted octanol–water partition coefficient (Wildman–Crippen LogP) is 4.46. The minimum atomic E-state index is -4.39. The van der Waals surface area contributed by atoms with Gasteiger partial charge in [-0.25, -0.2) is 9.97 Å². The number of rotatable bonds is 6. The molecular formula is C18H20F3N3OS2. The van der Waals surface area contributed by atoms with E-state index in [0.29, 0.717) is 5.03 Å². The molecule has 0 bridgehead atoms. The van der Waals surface area contributed by atoms with E-state index >= 15 is 0 Å². The molecule has 2 aliphatic carbocycles. The van der Waals surface area contributed by atoms with E-state index in [4.69, 9.17) is 0 Å². The molecule has 0 saturated heterocycles. The van der Waals surface area contributed by atoms with Crippen LogP contribution >= 0.6 is 23.1 Å². The normalized spacial score (nSPS) is 17.9. The van der Waals surface area contributed by atoms with Crippen molar-refractivity contribution in [2.45, 2.75) is 56.3 Å². The highest BCUT2D eigenvalue weighted by Gasteiger charge is 2.40. The number of thioether (sulfide) groups is 1. The van der Waals surface area contributed by atoms with E-state index in [1.54, 1.807) is 18.3 Å². The summed E-state index contributed by atoms with van der Waals surface area (Å²) < 4.78 is 38.9. The number of fused-ring (bicyclic) bond motifs is 3. The summed E-state index contributed by atoms with van der Waals surface area (Å²) in [7, 11) is 0. The Morgan fingerprint density at radius 2 is 2.15 bits per heavy atom. The second-order valence-corrected chi connectivity index (χ2v) is 9.27. The maximum Gasteiger partial charge on any atom is 0.406 e. The molecule has 2 aromatic heterocycles. The van der Waals surface area contributed by atoms with Gasteiger partial charge < -0.3 is 4.90 Å². The monoisotopic (exact) mass is 415 g/mol. The molecule has 2 aromatic rings. The summed E-state index contributed by atoms with van der Waals surface area (Å²) in [6.45, 7) is 0.539. The van der Waals surface area contributed by atoms with Gasteiger partial charge in [-0.1, -0.05) is 11.8 Å². The Balaban J connectivity index is 1.51. The van der Waals surface area contributed by atoms with E-state index in [1.165, 1.54) is 28.5 Å². The van der Waals surface area contributed by atoms with Crippen molar-refractivity contribution in [2.75, 3.05) is 12.3 Å². The molecule has 9 heteroatoms. The van der Waals surface area contributed by atoms with E-state index in [0.717, 1.165) is 47.2 Å². The molecule has 0 radical (unpaired) electrons. The Labute approximate surface area is 163 Å². The van der Waals surface area contributed by atoms with E-state index in [-0.39, 0.29) is 17.7 Å². The van der Waals surface area contributed by atoms with Crippen molar-refractivity contribution in [3.8, 4) is 0 Å². The number of hydrogen-bond acceptors (Lipinski definition) is 5. The van der Waals surface area contributed by atoms with Gasteiger partial charge in [0, 0.05) is 16.3 Å². The SMILES string of the molecule is C[C@@H](C1CC1)N(CC(F)(F)F)C(=O)CSc1ncnc2sc3c(c12)CCC3. The number of aromatic nitrogens is 2. The molecule has 1 atom stereocenters. The van der Waals surface area contributed by atoms with Crippen LogP contribution in [0.2, 0.25) is 0 Å². The van der Waals surface area contributed by atoms with Crippen LogP contribution in [0.3, 0.4) is 0 Å². The topological polar surface area (TPSA) is 46.1 Å². The summed E-state index contributed by atoms with van der Waals surface area (Å²) >= 11 is 2.89. The highest BCUT2D eigenvalue weighted by Crippen LogP contribution is 2.40. The van der Waals surface area contributed by atoms with Crippen molar-refractivity contribution in [3.05, 3.63) is 16.8 Å². The lowest BCUT2D eigenvalue weighted by Gasteiger charge is -2.30. The summed E-state index contributed by atoms with van der Waals surface area (Å²) in [4.78, 5) is 24.5. The summed E-state index contributed by atoms with van der Waals surface area (Å²) in [5, 5.41) is 1.70. The van der Waals surface area contributed by atoms with Crippen molar-refractivity contribution in [1.82, 2.24) is 14.9 Å². The molecule has 27 heavy (non-hydrogen) atoms. The van der Waals surface area contributed by atoms with Gasteiger partial charge in [-0.15, -0.1) is 11.3 Å². The minimum Gasteiger partial charge on any atom is -0.330 e. The van der Waals surface area contributed by atoms with Crippen LogP contribution in [0.5, 0.6) is 0 Å². The van der Waals surface area contributed by atoms with Crippen LogP contribution in [0.4, 0.5) is 13.2 Å². The maximum absolute atomic E-state index is 13.0. The molecular weight excluding hydrogens is 395 g/mol. The second-order valence-electron chi connectivity index (χ2n) is 7.22. The smallest absolute Gasteiger partial charge is 0.330 e. The van der Waals surface area contributed by atoms with Crippen molar-refractivity contribution < 1.29 is 18.0 Å². The Morgan fingerprint density at radius 3 is 2.85 bits per heavy atom. The fraction of sp³-hybridized carbons (Fsp3) is 0.611. The van der Waals surface area contributed by atoms with E-state index in [9.17, 15) is 18.0 Å². The number of amides is 1. The molecule has 4 rings (SSSR count). The Bertz CT molecular complexity index is 863. The van der Waals surface area contributed by atoms with Gasteiger partial charge in [0.2, 0.25) is 5.91 Å². The van der Waals surface area contributed by atoms with E-state index in [1.807, 2.05) is 0 Å². The first kappa shape index (κ1) is 19.0. The third-order valence-corrected chi connectivity index (χ3v) is 7.44. The van der Waals surface area contributed by atoms with Gasteiger partial charge >= 0.3 is 6.18 Å². The number of aryl methyl sites for hydroxylation is 2. The third kappa shape index (κ3) is 4.08. The van der Waals surface area contributed by atoms with Crippen LogP contribution in [-0.4, -0.2) is 45.3 Å². The first-order valence-corrected chi connectivity index (χ1v) is 10.9. The van der Waals surface area contributed by atoms with E-state index in [2.05, 4.69) is 9.97 Å². The molecule has 4 nitrogen and oxygen atoms in total. The van der Waals surface area contributed by atoms with Crippen molar-refractivity contribution in [2.24, 2.45) is 5.92 Å². The lowest BCUT2D eigenvalue weighted by atomic mass is 10.2. The van der Waals surface area contributed by atoms with Gasteiger partial charge in [-0.3, -0.25) is 4.79 Å². The number of carbonyl (C=O) groups excluding carboxylic acids is 1. The van der Waals surface area contributed by atoms with Gasteiger partial charge in [0.1, 0.15) is 22.7 Å². The highest BCUT2D eigenvalue weighted by molar-refractivity contribution is 8.00. The molecule has 146 valence electrons. The van der Waals surface area contributed by atoms with Crippen LogP contribution in [0, 0.1) is 5.92 Å². The van der Waals surface area contributed by atoms with Crippen LogP contribution in [-0.2, 0) is 17.6 Å². The first-order valence-electron chi connectivity index (χ1n) is 9.08. The van der Waals surface area contributed by atoms with Gasteiger partial charge in [0.25, 0.3) is 0 Å². The summed E-state index contributed by atoms with van der Waals surface area (Å²) in [5.41, 5.74) is 1.25. The summed E-state index contributed by atoms with van der Waals surface area (Å²) in [6.07, 6.45) is 1.99. The Morgan fingerprint density at radius 1 is 1.37 bits per heavy atom. The van der Waals surface area contributed by atoms with Gasteiger partial charge in [0.15, 0.2) is 0 Å². The molecule has 0 aromatic carbocycles. The average Bonchev–Trinajstić information content (AvgIpc) is 3.25. The quantitative estimate of drug-likeness (QED) is 0.516. The predicted molar refractivity (Wildman–Crippen MR) is 100 cm³/mol. The molecule has 1 fully saturated rings. The Hall–Kier alpha value is -1.35. The molecule has 1 amide bonds. The van der Waals surface area contributed by atoms with Crippen LogP contribution in [0.15, 0.2) is 11.4 Å². The number of hydrogen-bond donors (Lipinski definition) is 0. The highest BCUT2D eigenvalue weighted by atomic mass is 32.2. The summed E-state index contributed by atoms with van der Waals surface area (Å²) in [5.74, 6) is -0.327. The van der Waals surface area contributed by atoms with E-state index < -0.39 is 18.6 Å². The van der Waals surface area contributed by atoms with Crippen LogP contribution < -0.4 is 0 Å². The molecule has 1 saturated carbocycles. The lowest BCUT2D eigenvalue weighted by Crippen LogP contribution is -2.46. The number of nitrogens with zero attached hydrogens (tertiary/aromatic N) is 3. The average molecular weight is 416 g/mol. The summed E-state index contributed by atoms with van der Waals surface area (Å²) in [6, 6.07) is -0.379. The largest absolute Gasteiger partial charge is 0.406 e. The van der Waals surface area contributed by atoms with Gasteiger partial charge in [0.05, 0.1) is 5.75 Å². The number of alkyl halides is 3. The standard InChI is InChI=1S/C18H20F3N3OS2/c1-10(11-5-6-11)24(8-18(19,20)21)14(25)7-26-16-15-12-3-2-4-13(12)27-17(15)23-9-22-16/h9-11H,2-8H2,1H3/t10-/m0/s1. The van der Waals surface area contributed by atoms with Crippen LogP contribution in [0.1, 0.15) is 36.6 Å². The molecule has 2 heterocycles. The molecule has 0 aliphatic heterocycles. The zero-order valence-electron chi connectivity index (χ0n) is 14.9. The fourth-order valence-electron chi connectivity index (χ4n) is 3.71.